The summed E-state index contributed by atoms with van der Waals surface area (Å²) in [6.07, 6.45) is 1.26. The lowest BCUT2D eigenvalue weighted by Crippen LogP contribution is -2.41. The second-order valence-corrected chi connectivity index (χ2v) is 8.67. The van der Waals surface area contributed by atoms with Crippen LogP contribution in [-0.2, 0) is 11.3 Å². The molecule has 2 aromatic rings. The summed E-state index contributed by atoms with van der Waals surface area (Å²) in [5.41, 5.74) is 0.652. The predicted octanol–water partition coefficient (Wildman–Crippen LogP) is 3.56. The molecule has 8 heteroatoms. The molecule has 2 aliphatic heterocycles. The van der Waals surface area contributed by atoms with Gasteiger partial charge in [0, 0.05) is 41.4 Å². The Hall–Kier alpha value is -3.16. The first-order chi connectivity index (χ1) is 14.7. The molecule has 0 bridgehead atoms. The predicted molar refractivity (Wildman–Crippen MR) is 113 cm³/mol. The standard InChI is InChI=1S/C23H26FN3O4/c1-5-30-20-7-6-15(12-25-20)31-19-8-9-26(22(19)29)14-10-16-17(18(24)11-14)13-27(21(16)28)23(2,3)4/h6-7,10-12,19H,5,8-9,13H2,1-4H3. The SMILES string of the molecule is CCOc1ccc(OC2CCN(c3cc(F)c4c(c3)C(=O)N(C(C)(C)C)C4)C2=O)cn1. The van der Waals surface area contributed by atoms with Crippen LogP contribution in [0.25, 0.3) is 0 Å². The zero-order valence-electron chi connectivity index (χ0n) is 18.1. The van der Waals surface area contributed by atoms with Crippen LogP contribution in [0.1, 0.15) is 50.0 Å². The fraction of sp³-hybridized carbons (Fsp3) is 0.435. The van der Waals surface area contributed by atoms with Crippen molar-refractivity contribution in [1.29, 1.82) is 0 Å². The van der Waals surface area contributed by atoms with Crippen molar-refractivity contribution >= 4 is 17.5 Å². The summed E-state index contributed by atoms with van der Waals surface area (Å²) in [6.45, 7) is 8.73. The van der Waals surface area contributed by atoms with Gasteiger partial charge in [-0.25, -0.2) is 9.37 Å². The Morgan fingerprint density at radius 1 is 1.23 bits per heavy atom. The second-order valence-electron chi connectivity index (χ2n) is 8.67. The Morgan fingerprint density at radius 2 is 2.00 bits per heavy atom. The van der Waals surface area contributed by atoms with Crippen molar-refractivity contribution in [3.63, 3.8) is 0 Å². The van der Waals surface area contributed by atoms with E-state index in [4.69, 9.17) is 9.47 Å². The minimum Gasteiger partial charge on any atom is -0.479 e. The monoisotopic (exact) mass is 427 g/mol. The molecule has 1 aromatic carbocycles. The van der Waals surface area contributed by atoms with Gasteiger partial charge in [0.1, 0.15) is 11.6 Å². The molecule has 0 N–H and O–H groups in total. The number of benzene rings is 1. The Morgan fingerprint density at radius 3 is 2.65 bits per heavy atom. The van der Waals surface area contributed by atoms with Gasteiger partial charge in [-0.15, -0.1) is 0 Å². The number of amides is 2. The molecular weight excluding hydrogens is 401 g/mol. The Bertz CT molecular complexity index is 1020. The molecule has 0 aliphatic carbocycles. The average Bonchev–Trinajstić information content (AvgIpc) is 3.24. The number of ether oxygens (including phenoxy) is 2. The molecule has 1 saturated heterocycles. The molecule has 31 heavy (non-hydrogen) atoms. The van der Waals surface area contributed by atoms with Crippen molar-refractivity contribution < 1.29 is 23.5 Å². The summed E-state index contributed by atoms with van der Waals surface area (Å²) in [5, 5.41) is 0. The van der Waals surface area contributed by atoms with Crippen LogP contribution in [0, 0.1) is 5.82 Å². The van der Waals surface area contributed by atoms with E-state index < -0.39 is 17.5 Å². The third-order valence-electron chi connectivity index (χ3n) is 5.53. The summed E-state index contributed by atoms with van der Waals surface area (Å²) >= 11 is 0. The number of anilines is 1. The highest BCUT2D eigenvalue weighted by molar-refractivity contribution is 6.03. The van der Waals surface area contributed by atoms with Gasteiger partial charge in [-0.05, 0) is 45.9 Å². The molecule has 1 aromatic heterocycles. The molecule has 0 radical (unpaired) electrons. The van der Waals surface area contributed by atoms with Gasteiger partial charge in [-0.2, -0.15) is 0 Å². The number of halogens is 1. The molecule has 0 spiro atoms. The molecule has 1 unspecified atom stereocenters. The van der Waals surface area contributed by atoms with Gasteiger partial charge in [0.15, 0.2) is 6.10 Å². The zero-order valence-corrected chi connectivity index (χ0v) is 18.1. The van der Waals surface area contributed by atoms with Crippen LogP contribution in [0.4, 0.5) is 10.1 Å². The fourth-order valence-electron chi connectivity index (χ4n) is 3.90. The maximum absolute atomic E-state index is 14.8. The third kappa shape index (κ3) is 3.94. The first kappa shape index (κ1) is 21.1. The summed E-state index contributed by atoms with van der Waals surface area (Å²) in [7, 11) is 0. The van der Waals surface area contributed by atoms with Crippen LogP contribution in [0.3, 0.4) is 0 Å². The van der Waals surface area contributed by atoms with Crippen molar-refractivity contribution in [2.75, 3.05) is 18.1 Å². The van der Waals surface area contributed by atoms with Crippen LogP contribution in [0.2, 0.25) is 0 Å². The topological polar surface area (TPSA) is 72.0 Å². The molecule has 3 heterocycles. The molecule has 2 amide bonds. The summed E-state index contributed by atoms with van der Waals surface area (Å²) in [5.74, 6) is -0.0217. The van der Waals surface area contributed by atoms with E-state index in [1.165, 1.54) is 17.2 Å². The molecule has 7 nitrogen and oxygen atoms in total. The largest absolute Gasteiger partial charge is 0.479 e. The zero-order chi connectivity index (χ0) is 22.3. The summed E-state index contributed by atoms with van der Waals surface area (Å²) in [6, 6.07) is 6.32. The number of hydrogen-bond donors (Lipinski definition) is 0. The quantitative estimate of drug-likeness (QED) is 0.730. The number of nitrogens with zero attached hydrogens (tertiary/aromatic N) is 3. The lowest BCUT2D eigenvalue weighted by molar-refractivity contribution is -0.122. The van der Waals surface area contributed by atoms with Gasteiger partial charge >= 0.3 is 0 Å². The van der Waals surface area contributed by atoms with E-state index >= 15 is 0 Å². The highest BCUT2D eigenvalue weighted by Crippen LogP contribution is 2.35. The normalized spacial score (nSPS) is 18.5. The van der Waals surface area contributed by atoms with Crippen molar-refractivity contribution in [1.82, 2.24) is 9.88 Å². The molecule has 1 atom stereocenters. The number of hydrogen-bond acceptors (Lipinski definition) is 5. The van der Waals surface area contributed by atoms with E-state index in [-0.39, 0.29) is 18.4 Å². The van der Waals surface area contributed by atoms with E-state index in [9.17, 15) is 14.0 Å². The number of aromatic nitrogens is 1. The van der Waals surface area contributed by atoms with Crippen LogP contribution >= 0.6 is 0 Å². The van der Waals surface area contributed by atoms with Crippen LogP contribution < -0.4 is 14.4 Å². The fourth-order valence-corrected chi connectivity index (χ4v) is 3.90. The first-order valence-corrected chi connectivity index (χ1v) is 10.4. The lowest BCUT2D eigenvalue weighted by Gasteiger charge is -2.31. The van der Waals surface area contributed by atoms with Crippen molar-refractivity contribution in [3.05, 3.63) is 47.4 Å². The Kier molecular flexibility index (Phi) is 5.33. The van der Waals surface area contributed by atoms with E-state index in [1.807, 2.05) is 27.7 Å². The number of rotatable bonds is 5. The van der Waals surface area contributed by atoms with Crippen molar-refractivity contribution in [2.45, 2.75) is 52.3 Å². The van der Waals surface area contributed by atoms with Gasteiger partial charge in [-0.3, -0.25) is 9.59 Å². The average molecular weight is 427 g/mol. The minimum atomic E-state index is -0.696. The maximum Gasteiger partial charge on any atom is 0.268 e. The first-order valence-electron chi connectivity index (χ1n) is 10.4. The van der Waals surface area contributed by atoms with Gasteiger partial charge in [-0.1, -0.05) is 0 Å². The smallest absolute Gasteiger partial charge is 0.268 e. The van der Waals surface area contributed by atoms with E-state index in [0.29, 0.717) is 48.0 Å². The van der Waals surface area contributed by atoms with E-state index in [1.54, 1.807) is 23.1 Å². The van der Waals surface area contributed by atoms with Gasteiger partial charge in [0.25, 0.3) is 11.8 Å². The minimum absolute atomic E-state index is 0.219. The van der Waals surface area contributed by atoms with Gasteiger partial charge in [0.05, 0.1) is 19.3 Å². The molecule has 2 aliphatic rings. The number of pyridine rings is 1. The lowest BCUT2D eigenvalue weighted by atomic mass is 10.1. The van der Waals surface area contributed by atoms with Crippen LogP contribution in [0.5, 0.6) is 11.6 Å². The van der Waals surface area contributed by atoms with Crippen molar-refractivity contribution in [3.8, 4) is 11.6 Å². The van der Waals surface area contributed by atoms with E-state index in [2.05, 4.69) is 4.98 Å². The Balaban J connectivity index is 1.52. The summed E-state index contributed by atoms with van der Waals surface area (Å²) in [4.78, 5) is 33.0. The summed E-state index contributed by atoms with van der Waals surface area (Å²) < 4.78 is 25.9. The van der Waals surface area contributed by atoms with Gasteiger partial charge in [0.2, 0.25) is 5.88 Å². The number of carbonyl (C=O) groups excluding carboxylic acids is 2. The highest BCUT2D eigenvalue weighted by Gasteiger charge is 2.39. The molecule has 0 saturated carbocycles. The van der Waals surface area contributed by atoms with Crippen molar-refractivity contribution in [2.24, 2.45) is 0 Å². The van der Waals surface area contributed by atoms with Crippen LogP contribution in [0.15, 0.2) is 30.5 Å². The third-order valence-corrected chi connectivity index (χ3v) is 5.53. The molecule has 1 fully saturated rings. The molecular formula is C23H26FN3O4. The Labute approximate surface area is 180 Å². The number of carbonyl (C=O) groups is 2. The van der Waals surface area contributed by atoms with Gasteiger partial charge < -0.3 is 19.3 Å². The highest BCUT2D eigenvalue weighted by atomic mass is 19.1. The van der Waals surface area contributed by atoms with Crippen LogP contribution in [-0.4, -0.2) is 46.5 Å². The van der Waals surface area contributed by atoms with E-state index in [0.717, 1.165) is 0 Å². The number of fused-ring (bicyclic) bond motifs is 1. The second kappa shape index (κ2) is 7.83. The molecule has 164 valence electrons. The molecule has 4 rings (SSSR count). The maximum atomic E-state index is 14.8.